The van der Waals surface area contributed by atoms with Crippen LogP contribution in [0.1, 0.15) is 35.3 Å². The molecule has 0 heterocycles. The fraction of sp³-hybridized carbons (Fsp3) is 0.200. The van der Waals surface area contributed by atoms with Gasteiger partial charge in [0.25, 0.3) is 5.91 Å². The highest BCUT2D eigenvalue weighted by Gasteiger charge is 2.15. The number of anilines is 1. The second-order valence-electron chi connectivity index (χ2n) is 7.00. The number of hydrogen-bond acceptors (Lipinski definition) is 3. The molecule has 5 heteroatoms. The average Bonchev–Trinajstić information content (AvgIpc) is 2.77. The van der Waals surface area contributed by atoms with Crippen LogP contribution in [-0.2, 0) is 17.9 Å². The Kier molecular flexibility index (Phi) is 7.22. The predicted octanol–water partition coefficient (Wildman–Crippen LogP) is 4.89. The molecular weight excluding hydrogens is 376 g/mol. The molecule has 0 saturated heterocycles. The van der Waals surface area contributed by atoms with Crippen molar-refractivity contribution in [1.82, 2.24) is 4.90 Å². The molecule has 3 aromatic carbocycles. The first kappa shape index (κ1) is 21.1. The summed E-state index contributed by atoms with van der Waals surface area (Å²) in [5.74, 6) is 0.551. The van der Waals surface area contributed by atoms with Gasteiger partial charge in [0.1, 0.15) is 12.4 Å². The smallest absolute Gasteiger partial charge is 0.254 e. The summed E-state index contributed by atoms with van der Waals surface area (Å²) in [6, 6.07) is 24.8. The number of rotatable bonds is 8. The maximum atomic E-state index is 12.9. The van der Waals surface area contributed by atoms with Crippen LogP contribution in [0.2, 0.25) is 0 Å². The number of amides is 2. The van der Waals surface area contributed by atoms with E-state index < -0.39 is 0 Å². The first-order valence-corrected chi connectivity index (χ1v) is 9.97. The lowest BCUT2D eigenvalue weighted by Crippen LogP contribution is -2.30. The zero-order valence-corrected chi connectivity index (χ0v) is 17.3. The summed E-state index contributed by atoms with van der Waals surface area (Å²) in [7, 11) is 0. The SMILES string of the molecule is CCN(Cc1ccc(OCc2ccccc2)cc1)C(=O)c1cccc(NC(C)=O)c1. The molecule has 0 radical (unpaired) electrons. The van der Waals surface area contributed by atoms with E-state index in [0.29, 0.717) is 30.9 Å². The van der Waals surface area contributed by atoms with Gasteiger partial charge < -0.3 is 15.0 Å². The van der Waals surface area contributed by atoms with Crippen LogP contribution in [0.15, 0.2) is 78.9 Å². The molecule has 0 bridgehead atoms. The van der Waals surface area contributed by atoms with Crippen LogP contribution in [0.5, 0.6) is 5.75 Å². The van der Waals surface area contributed by atoms with Crippen LogP contribution in [0.3, 0.4) is 0 Å². The van der Waals surface area contributed by atoms with Gasteiger partial charge in [-0.3, -0.25) is 9.59 Å². The lowest BCUT2D eigenvalue weighted by molar-refractivity contribution is -0.114. The lowest BCUT2D eigenvalue weighted by atomic mass is 10.1. The van der Waals surface area contributed by atoms with Gasteiger partial charge in [0.05, 0.1) is 0 Å². The molecule has 5 nitrogen and oxygen atoms in total. The Balaban J connectivity index is 1.62. The van der Waals surface area contributed by atoms with Crippen LogP contribution in [0.4, 0.5) is 5.69 Å². The highest BCUT2D eigenvalue weighted by molar-refractivity contribution is 5.96. The van der Waals surface area contributed by atoms with Crippen molar-refractivity contribution in [2.45, 2.75) is 27.0 Å². The third kappa shape index (κ3) is 5.95. The topological polar surface area (TPSA) is 58.6 Å². The number of nitrogens with one attached hydrogen (secondary N) is 1. The third-order valence-corrected chi connectivity index (χ3v) is 4.64. The molecule has 2 amide bonds. The summed E-state index contributed by atoms with van der Waals surface area (Å²) >= 11 is 0. The highest BCUT2D eigenvalue weighted by Crippen LogP contribution is 2.18. The maximum Gasteiger partial charge on any atom is 0.254 e. The summed E-state index contributed by atoms with van der Waals surface area (Å²) in [4.78, 5) is 26.0. The van der Waals surface area contributed by atoms with Crippen LogP contribution < -0.4 is 10.1 Å². The third-order valence-electron chi connectivity index (χ3n) is 4.64. The molecule has 0 saturated carbocycles. The summed E-state index contributed by atoms with van der Waals surface area (Å²) < 4.78 is 5.82. The summed E-state index contributed by atoms with van der Waals surface area (Å²) in [6.07, 6.45) is 0. The molecule has 0 aliphatic rings. The van der Waals surface area contributed by atoms with E-state index in [1.54, 1.807) is 29.2 Å². The van der Waals surface area contributed by atoms with Gasteiger partial charge in [-0.2, -0.15) is 0 Å². The fourth-order valence-electron chi connectivity index (χ4n) is 3.10. The summed E-state index contributed by atoms with van der Waals surface area (Å²) in [5.41, 5.74) is 3.30. The van der Waals surface area contributed by atoms with Gasteiger partial charge in [0.2, 0.25) is 5.91 Å². The first-order valence-electron chi connectivity index (χ1n) is 9.97. The van der Waals surface area contributed by atoms with Crippen molar-refractivity contribution >= 4 is 17.5 Å². The molecule has 0 atom stereocenters. The molecule has 0 aromatic heterocycles. The van der Waals surface area contributed by atoms with Gasteiger partial charge in [0.15, 0.2) is 0 Å². The van der Waals surface area contributed by atoms with Gasteiger partial charge in [-0.05, 0) is 48.4 Å². The monoisotopic (exact) mass is 402 g/mol. The minimum atomic E-state index is -0.165. The van der Waals surface area contributed by atoms with E-state index in [9.17, 15) is 9.59 Å². The van der Waals surface area contributed by atoms with Crippen LogP contribution >= 0.6 is 0 Å². The first-order chi connectivity index (χ1) is 14.5. The largest absolute Gasteiger partial charge is 0.489 e. The number of nitrogens with zero attached hydrogens (tertiary/aromatic N) is 1. The van der Waals surface area contributed by atoms with Crippen molar-refractivity contribution in [2.75, 3.05) is 11.9 Å². The molecule has 3 rings (SSSR count). The van der Waals surface area contributed by atoms with Crippen LogP contribution in [0.25, 0.3) is 0 Å². The van der Waals surface area contributed by atoms with Crippen molar-refractivity contribution in [3.05, 3.63) is 95.6 Å². The predicted molar refractivity (Wildman–Crippen MR) is 118 cm³/mol. The summed E-state index contributed by atoms with van der Waals surface area (Å²) in [5, 5.41) is 2.71. The number of ether oxygens (including phenoxy) is 1. The molecule has 0 unspecified atom stereocenters. The lowest BCUT2D eigenvalue weighted by Gasteiger charge is -2.21. The molecular formula is C25H26N2O3. The fourth-order valence-corrected chi connectivity index (χ4v) is 3.10. The van der Waals surface area contributed by atoms with Crippen LogP contribution in [-0.4, -0.2) is 23.3 Å². The van der Waals surface area contributed by atoms with Crippen LogP contribution in [0, 0.1) is 0 Å². The van der Waals surface area contributed by atoms with Crippen molar-refractivity contribution in [2.24, 2.45) is 0 Å². The number of carbonyl (C=O) groups excluding carboxylic acids is 2. The highest BCUT2D eigenvalue weighted by atomic mass is 16.5. The zero-order chi connectivity index (χ0) is 21.3. The molecule has 154 valence electrons. The normalized spacial score (nSPS) is 10.3. The molecule has 0 spiro atoms. The number of benzene rings is 3. The molecule has 0 aliphatic heterocycles. The molecule has 0 fully saturated rings. The van der Waals surface area contributed by atoms with Crippen molar-refractivity contribution in [3.8, 4) is 5.75 Å². The van der Waals surface area contributed by atoms with E-state index >= 15 is 0 Å². The van der Waals surface area contributed by atoms with Gasteiger partial charge in [-0.25, -0.2) is 0 Å². The Morgan fingerprint density at radius 2 is 1.63 bits per heavy atom. The molecule has 1 N–H and O–H groups in total. The van der Waals surface area contributed by atoms with E-state index in [1.807, 2.05) is 61.5 Å². The second kappa shape index (κ2) is 10.3. The average molecular weight is 402 g/mol. The van der Waals surface area contributed by atoms with Gasteiger partial charge >= 0.3 is 0 Å². The van der Waals surface area contributed by atoms with Gasteiger partial charge in [-0.1, -0.05) is 48.5 Å². The molecule has 30 heavy (non-hydrogen) atoms. The molecule has 0 aliphatic carbocycles. The zero-order valence-electron chi connectivity index (χ0n) is 17.3. The Morgan fingerprint density at radius 3 is 2.30 bits per heavy atom. The van der Waals surface area contributed by atoms with E-state index in [2.05, 4.69) is 5.32 Å². The van der Waals surface area contributed by atoms with E-state index in [4.69, 9.17) is 4.74 Å². The Hall–Kier alpha value is -3.60. The number of hydrogen-bond donors (Lipinski definition) is 1. The molecule has 3 aromatic rings. The standard InChI is InChI=1S/C25H26N2O3/c1-3-27(25(29)22-10-7-11-23(16-22)26-19(2)28)17-20-12-14-24(15-13-20)30-18-21-8-5-4-6-9-21/h4-16H,3,17-18H2,1-2H3,(H,26,28). The second-order valence-corrected chi connectivity index (χ2v) is 7.00. The van der Waals surface area contributed by atoms with E-state index in [0.717, 1.165) is 16.9 Å². The van der Waals surface area contributed by atoms with E-state index in [1.165, 1.54) is 6.92 Å². The Bertz CT molecular complexity index is 985. The maximum absolute atomic E-state index is 12.9. The van der Waals surface area contributed by atoms with E-state index in [-0.39, 0.29) is 11.8 Å². The van der Waals surface area contributed by atoms with Crippen molar-refractivity contribution < 1.29 is 14.3 Å². The minimum Gasteiger partial charge on any atom is -0.489 e. The van der Waals surface area contributed by atoms with Gasteiger partial charge in [-0.15, -0.1) is 0 Å². The minimum absolute atomic E-state index is 0.0749. The van der Waals surface area contributed by atoms with Crippen molar-refractivity contribution in [1.29, 1.82) is 0 Å². The quantitative estimate of drug-likeness (QED) is 0.584. The van der Waals surface area contributed by atoms with Crippen molar-refractivity contribution in [3.63, 3.8) is 0 Å². The number of carbonyl (C=O) groups is 2. The Morgan fingerprint density at radius 1 is 0.900 bits per heavy atom. The van der Waals surface area contributed by atoms with Gasteiger partial charge in [0, 0.05) is 31.3 Å². The summed E-state index contributed by atoms with van der Waals surface area (Å²) in [6.45, 7) is 4.99. The Labute approximate surface area is 177 Å².